The zero-order valence-corrected chi connectivity index (χ0v) is 16.7. The summed E-state index contributed by atoms with van der Waals surface area (Å²) in [4.78, 5) is 18.2. The Labute approximate surface area is 164 Å². The number of benzene rings is 1. The van der Waals surface area contributed by atoms with Gasteiger partial charge in [0.05, 0.1) is 0 Å². The molecule has 3 rings (SSSR count). The molecule has 0 unspecified atom stereocenters. The quantitative estimate of drug-likeness (QED) is 0.716. The molecule has 0 saturated heterocycles. The van der Waals surface area contributed by atoms with E-state index in [0.29, 0.717) is 31.0 Å². The van der Waals surface area contributed by atoms with Gasteiger partial charge in [-0.15, -0.1) is 0 Å². The van der Waals surface area contributed by atoms with Gasteiger partial charge in [0.2, 0.25) is 5.88 Å². The molecule has 1 amide bonds. The van der Waals surface area contributed by atoms with E-state index in [0.717, 1.165) is 11.1 Å². The van der Waals surface area contributed by atoms with Crippen LogP contribution in [-0.4, -0.2) is 34.7 Å². The van der Waals surface area contributed by atoms with Gasteiger partial charge in [-0.1, -0.05) is 18.2 Å². The molecule has 1 aromatic heterocycles. The van der Waals surface area contributed by atoms with E-state index in [1.165, 1.54) is 6.07 Å². The van der Waals surface area contributed by atoms with E-state index in [1.807, 2.05) is 39.0 Å². The number of nitrogens with zero attached hydrogens (tertiary/aromatic N) is 2. The largest absolute Gasteiger partial charge is 0.444 e. The van der Waals surface area contributed by atoms with Crippen LogP contribution in [0.1, 0.15) is 38.3 Å². The molecule has 1 aliphatic rings. The van der Waals surface area contributed by atoms with Gasteiger partial charge in [-0.25, -0.2) is 14.2 Å². The number of rotatable bonds is 3. The van der Waals surface area contributed by atoms with Crippen molar-refractivity contribution in [1.82, 2.24) is 9.88 Å². The van der Waals surface area contributed by atoms with E-state index in [9.17, 15) is 9.18 Å². The maximum Gasteiger partial charge on any atom is 0.410 e. The summed E-state index contributed by atoms with van der Waals surface area (Å²) in [7, 11) is 0. The molecule has 0 bridgehead atoms. The molecule has 6 heteroatoms. The van der Waals surface area contributed by atoms with Gasteiger partial charge in [-0.05, 0) is 63.5 Å². The van der Waals surface area contributed by atoms with Crippen LogP contribution in [0, 0.1) is 12.7 Å². The third kappa shape index (κ3) is 4.68. The van der Waals surface area contributed by atoms with Gasteiger partial charge in [0.25, 0.3) is 0 Å². The molecule has 0 fully saturated rings. The van der Waals surface area contributed by atoms with E-state index >= 15 is 0 Å². The number of hydrogen-bond donors (Lipinski definition) is 0. The van der Waals surface area contributed by atoms with Crippen LogP contribution in [0.5, 0.6) is 11.6 Å². The molecule has 1 aliphatic heterocycles. The first-order chi connectivity index (χ1) is 13.2. The summed E-state index contributed by atoms with van der Waals surface area (Å²) in [5.41, 5.74) is 1.99. The molecule has 2 aromatic rings. The first kappa shape index (κ1) is 19.9. The second-order valence-corrected chi connectivity index (χ2v) is 7.75. The number of para-hydroxylation sites is 1. The number of aryl methyl sites for hydroxylation is 1. The second kappa shape index (κ2) is 8.00. The van der Waals surface area contributed by atoms with Gasteiger partial charge >= 0.3 is 6.09 Å². The highest BCUT2D eigenvalue weighted by molar-refractivity contribution is 5.74. The normalized spacial score (nSPS) is 14.5. The predicted octanol–water partition coefficient (Wildman–Crippen LogP) is 5.35. The SMILES string of the molecule is Cc1cccc(F)c1Oc1ncccc1C1=CCN(C(=O)OC(C)(C)C)CC1. The topological polar surface area (TPSA) is 51.7 Å². The average Bonchev–Trinajstić information content (AvgIpc) is 2.64. The van der Waals surface area contributed by atoms with Crippen molar-refractivity contribution >= 4 is 11.7 Å². The van der Waals surface area contributed by atoms with Crippen LogP contribution in [0.25, 0.3) is 5.57 Å². The predicted molar refractivity (Wildman–Crippen MR) is 106 cm³/mol. The molecule has 28 heavy (non-hydrogen) atoms. The average molecular weight is 384 g/mol. The highest BCUT2D eigenvalue weighted by atomic mass is 19.1. The van der Waals surface area contributed by atoms with Gasteiger partial charge in [-0.3, -0.25) is 0 Å². The maximum atomic E-state index is 14.2. The molecule has 148 valence electrons. The number of amides is 1. The first-order valence-corrected chi connectivity index (χ1v) is 9.30. The Morgan fingerprint density at radius 1 is 1.21 bits per heavy atom. The molecule has 5 nitrogen and oxygen atoms in total. The fourth-order valence-corrected chi connectivity index (χ4v) is 2.97. The number of aromatic nitrogens is 1. The molecular formula is C22H25FN2O3. The van der Waals surface area contributed by atoms with Gasteiger partial charge in [0.1, 0.15) is 5.60 Å². The summed E-state index contributed by atoms with van der Waals surface area (Å²) in [6, 6.07) is 8.51. The van der Waals surface area contributed by atoms with Crippen molar-refractivity contribution in [3.63, 3.8) is 0 Å². The Kier molecular flexibility index (Phi) is 5.68. The lowest BCUT2D eigenvalue weighted by Gasteiger charge is -2.29. The minimum absolute atomic E-state index is 0.175. The number of hydrogen-bond acceptors (Lipinski definition) is 4. The number of carbonyl (C=O) groups excluding carboxylic acids is 1. The molecule has 0 saturated carbocycles. The van der Waals surface area contributed by atoms with E-state index in [2.05, 4.69) is 4.98 Å². The summed E-state index contributed by atoms with van der Waals surface area (Å²) in [6.07, 6.45) is 3.89. The van der Waals surface area contributed by atoms with Crippen LogP contribution in [0.4, 0.5) is 9.18 Å². The Bertz CT molecular complexity index is 883. The van der Waals surface area contributed by atoms with E-state index in [1.54, 1.807) is 30.2 Å². The van der Waals surface area contributed by atoms with Crippen LogP contribution in [-0.2, 0) is 4.74 Å². The van der Waals surface area contributed by atoms with E-state index < -0.39 is 11.4 Å². The fraction of sp³-hybridized carbons (Fsp3) is 0.364. The lowest BCUT2D eigenvalue weighted by Crippen LogP contribution is -2.39. The highest BCUT2D eigenvalue weighted by Crippen LogP contribution is 2.34. The Morgan fingerprint density at radius 2 is 2.00 bits per heavy atom. The van der Waals surface area contributed by atoms with Crippen molar-refractivity contribution in [2.24, 2.45) is 0 Å². The van der Waals surface area contributed by atoms with Crippen molar-refractivity contribution in [1.29, 1.82) is 0 Å². The van der Waals surface area contributed by atoms with Crippen LogP contribution < -0.4 is 4.74 Å². The monoisotopic (exact) mass is 384 g/mol. The van der Waals surface area contributed by atoms with Crippen molar-refractivity contribution in [2.75, 3.05) is 13.1 Å². The molecule has 0 atom stereocenters. The van der Waals surface area contributed by atoms with Gasteiger partial charge in [0.15, 0.2) is 11.6 Å². The number of ether oxygens (including phenoxy) is 2. The third-order valence-electron chi connectivity index (χ3n) is 4.34. The summed E-state index contributed by atoms with van der Waals surface area (Å²) in [5, 5.41) is 0. The highest BCUT2D eigenvalue weighted by Gasteiger charge is 2.25. The molecule has 0 spiro atoms. The van der Waals surface area contributed by atoms with Gasteiger partial charge < -0.3 is 14.4 Å². The van der Waals surface area contributed by atoms with Gasteiger partial charge in [-0.2, -0.15) is 0 Å². The molecule has 0 N–H and O–H groups in total. The first-order valence-electron chi connectivity index (χ1n) is 9.30. The van der Waals surface area contributed by atoms with Crippen molar-refractivity contribution in [3.8, 4) is 11.6 Å². The van der Waals surface area contributed by atoms with Crippen molar-refractivity contribution < 1.29 is 18.7 Å². The lowest BCUT2D eigenvalue weighted by atomic mass is 10.0. The minimum atomic E-state index is -0.525. The summed E-state index contributed by atoms with van der Waals surface area (Å²) < 4.78 is 25.4. The summed E-state index contributed by atoms with van der Waals surface area (Å²) >= 11 is 0. The Morgan fingerprint density at radius 3 is 2.64 bits per heavy atom. The van der Waals surface area contributed by atoms with E-state index in [-0.39, 0.29) is 11.8 Å². The molecular weight excluding hydrogens is 359 g/mol. The minimum Gasteiger partial charge on any atom is -0.444 e. The Hall–Kier alpha value is -2.89. The lowest BCUT2D eigenvalue weighted by molar-refractivity contribution is 0.0270. The molecule has 0 aliphatic carbocycles. The summed E-state index contributed by atoms with van der Waals surface area (Å²) in [6.45, 7) is 8.31. The number of halogens is 1. The van der Waals surface area contributed by atoms with Crippen LogP contribution in [0.15, 0.2) is 42.6 Å². The van der Waals surface area contributed by atoms with Crippen LogP contribution >= 0.6 is 0 Å². The van der Waals surface area contributed by atoms with Crippen LogP contribution in [0.2, 0.25) is 0 Å². The summed E-state index contributed by atoms with van der Waals surface area (Å²) in [5.74, 6) is 0.104. The van der Waals surface area contributed by atoms with Crippen molar-refractivity contribution in [3.05, 3.63) is 59.5 Å². The smallest absolute Gasteiger partial charge is 0.410 e. The molecule has 0 radical (unpaired) electrons. The fourth-order valence-electron chi connectivity index (χ4n) is 2.97. The van der Waals surface area contributed by atoms with E-state index in [4.69, 9.17) is 9.47 Å². The van der Waals surface area contributed by atoms with Gasteiger partial charge in [0, 0.05) is 24.8 Å². The number of pyridine rings is 1. The van der Waals surface area contributed by atoms with Crippen molar-refractivity contribution in [2.45, 2.75) is 39.7 Å². The number of carbonyl (C=O) groups is 1. The third-order valence-corrected chi connectivity index (χ3v) is 4.34. The Balaban J connectivity index is 1.79. The molecule has 2 heterocycles. The standard InChI is InChI=1S/C22H25FN2O3/c1-15-7-5-9-18(23)19(15)27-20-17(8-6-12-24-20)16-10-13-25(14-11-16)21(26)28-22(2,3)4/h5-10,12H,11,13-14H2,1-4H3. The zero-order valence-electron chi connectivity index (χ0n) is 16.7. The van der Waals surface area contributed by atoms with Crippen LogP contribution in [0.3, 0.4) is 0 Å². The molecule has 1 aromatic carbocycles. The zero-order chi connectivity index (χ0) is 20.3. The maximum absolute atomic E-state index is 14.2. The second-order valence-electron chi connectivity index (χ2n) is 7.75.